The summed E-state index contributed by atoms with van der Waals surface area (Å²) in [5.74, 6) is 0.622. The minimum absolute atomic E-state index is 0.0702. The van der Waals surface area contributed by atoms with Crippen LogP contribution in [0.25, 0.3) is 0 Å². The van der Waals surface area contributed by atoms with E-state index in [0.29, 0.717) is 16.3 Å². The lowest BCUT2D eigenvalue weighted by Gasteiger charge is -2.11. The van der Waals surface area contributed by atoms with Crippen molar-refractivity contribution in [3.8, 4) is 5.75 Å². The Hall–Kier alpha value is -1.81. The highest BCUT2D eigenvalue weighted by Crippen LogP contribution is 2.25. The van der Waals surface area contributed by atoms with Gasteiger partial charge in [0.05, 0.1) is 18.3 Å². The highest BCUT2D eigenvalue weighted by molar-refractivity contribution is 6.34. The molecule has 0 fully saturated rings. The van der Waals surface area contributed by atoms with Crippen molar-refractivity contribution in [3.05, 3.63) is 46.2 Å². The molecule has 0 aliphatic rings. The van der Waals surface area contributed by atoms with Crippen LogP contribution < -0.4 is 4.74 Å². The van der Waals surface area contributed by atoms with E-state index in [-0.39, 0.29) is 11.8 Å². The molecular weight excluding hydrogens is 276 g/mol. The molecular formula is C15H17ClN2O2. The first-order chi connectivity index (χ1) is 9.45. The van der Waals surface area contributed by atoms with Gasteiger partial charge < -0.3 is 4.74 Å². The van der Waals surface area contributed by atoms with Crippen molar-refractivity contribution >= 4 is 17.4 Å². The second-order valence-corrected chi connectivity index (χ2v) is 5.30. The van der Waals surface area contributed by atoms with Crippen LogP contribution in [0.2, 0.25) is 5.02 Å². The molecule has 0 aliphatic carbocycles. The third-order valence-corrected chi connectivity index (χ3v) is 3.39. The Labute approximate surface area is 123 Å². The topological polar surface area (TPSA) is 44.1 Å². The van der Waals surface area contributed by atoms with Crippen molar-refractivity contribution in [3.63, 3.8) is 0 Å². The molecule has 0 atom stereocenters. The fraction of sp³-hybridized carbons (Fsp3) is 0.333. The molecule has 2 aromatic rings. The number of carbonyl (C=O) groups is 1. The molecule has 5 heteroatoms. The largest absolute Gasteiger partial charge is 0.496 e. The van der Waals surface area contributed by atoms with Gasteiger partial charge >= 0.3 is 0 Å². The van der Waals surface area contributed by atoms with Crippen LogP contribution >= 0.6 is 11.6 Å². The lowest BCUT2D eigenvalue weighted by Crippen LogP contribution is -2.14. The molecule has 0 aliphatic heterocycles. The Morgan fingerprint density at radius 2 is 2.10 bits per heavy atom. The Morgan fingerprint density at radius 3 is 2.65 bits per heavy atom. The number of rotatable bonds is 4. The first-order valence-electron chi connectivity index (χ1n) is 6.38. The second-order valence-electron chi connectivity index (χ2n) is 4.89. The smallest absolute Gasteiger partial charge is 0.212 e. The summed E-state index contributed by atoms with van der Waals surface area (Å²) < 4.78 is 6.84. The number of hydrogen-bond acceptors (Lipinski definition) is 3. The van der Waals surface area contributed by atoms with Crippen molar-refractivity contribution in [2.24, 2.45) is 0 Å². The Kier molecular flexibility index (Phi) is 4.14. The van der Waals surface area contributed by atoms with E-state index in [0.717, 1.165) is 11.3 Å². The molecule has 0 radical (unpaired) electrons. The van der Waals surface area contributed by atoms with Crippen LogP contribution in [-0.2, 0) is 0 Å². The molecule has 1 aromatic carbocycles. The van der Waals surface area contributed by atoms with Crippen molar-refractivity contribution in [2.45, 2.75) is 26.8 Å². The molecule has 2 rings (SSSR count). The molecule has 0 bridgehead atoms. The van der Waals surface area contributed by atoms with E-state index in [1.165, 1.54) is 6.20 Å². The third kappa shape index (κ3) is 2.56. The molecule has 0 amide bonds. The second kappa shape index (κ2) is 5.67. The van der Waals surface area contributed by atoms with Crippen molar-refractivity contribution < 1.29 is 9.53 Å². The molecule has 106 valence electrons. The molecule has 1 aromatic heterocycles. The van der Waals surface area contributed by atoms with Crippen LogP contribution in [0.1, 0.15) is 41.5 Å². The van der Waals surface area contributed by atoms with E-state index < -0.39 is 0 Å². The predicted molar refractivity (Wildman–Crippen MR) is 78.8 cm³/mol. The van der Waals surface area contributed by atoms with Crippen LogP contribution in [0.3, 0.4) is 0 Å². The van der Waals surface area contributed by atoms with Crippen molar-refractivity contribution in [2.75, 3.05) is 7.11 Å². The normalized spacial score (nSPS) is 10.9. The molecule has 0 saturated heterocycles. The number of ether oxygens (including phenoxy) is 1. The zero-order valence-electron chi connectivity index (χ0n) is 12.0. The summed E-state index contributed by atoms with van der Waals surface area (Å²) in [5.41, 5.74) is 1.91. The lowest BCUT2D eigenvalue weighted by atomic mass is 10.0. The number of carbonyl (C=O) groups excluding carboxylic acids is 1. The predicted octanol–water partition coefficient (Wildman–Crippen LogP) is 3.67. The van der Waals surface area contributed by atoms with Gasteiger partial charge in [-0.15, -0.1) is 0 Å². The van der Waals surface area contributed by atoms with Gasteiger partial charge in [-0.2, -0.15) is 5.10 Å². The minimum atomic E-state index is -0.132. The van der Waals surface area contributed by atoms with Gasteiger partial charge in [0, 0.05) is 11.6 Å². The van der Waals surface area contributed by atoms with Crippen LogP contribution in [0.15, 0.2) is 24.4 Å². The fourth-order valence-corrected chi connectivity index (χ4v) is 2.32. The first kappa shape index (κ1) is 14.6. The number of halogens is 1. The summed E-state index contributed by atoms with van der Waals surface area (Å²) in [6, 6.07) is 5.39. The standard InChI is InChI=1S/C15H17ClN2O2/c1-9(2)18-14(12(16)8-17-18)15(19)11-5-6-13(20-4)10(3)7-11/h5-9H,1-4H3. The van der Waals surface area contributed by atoms with Gasteiger partial charge in [-0.1, -0.05) is 11.6 Å². The van der Waals surface area contributed by atoms with Gasteiger partial charge in [-0.25, -0.2) is 0 Å². The summed E-state index contributed by atoms with van der Waals surface area (Å²) in [5, 5.41) is 4.53. The Morgan fingerprint density at radius 1 is 1.40 bits per heavy atom. The number of aryl methyl sites for hydroxylation is 1. The quantitative estimate of drug-likeness (QED) is 0.808. The van der Waals surface area contributed by atoms with E-state index in [4.69, 9.17) is 16.3 Å². The van der Waals surface area contributed by atoms with Gasteiger partial charge in [0.2, 0.25) is 5.78 Å². The molecule has 0 unspecified atom stereocenters. The highest BCUT2D eigenvalue weighted by atomic mass is 35.5. The number of nitrogens with zero attached hydrogens (tertiary/aromatic N) is 2. The van der Waals surface area contributed by atoms with Gasteiger partial charge in [0.1, 0.15) is 11.4 Å². The maximum atomic E-state index is 12.6. The van der Waals surface area contributed by atoms with Crippen molar-refractivity contribution in [1.82, 2.24) is 9.78 Å². The zero-order chi connectivity index (χ0) is 14.9. The van der Waals surface area contributed by atoms with Crippen LogP contribution in [0.5, 0.6) is 5.75 Å². The van der Waals surface area contributed by atoms with Crippen LogP contribution in [0, 0.1) is 6.92 Å². The number of aromatic nitrogens is 2. The summed E-state index contributed by atoms with van der Waals surface area (Å²) in [6.07, 6.45) is 1.51. The van der Waals surface area contributed by atoms with Gasteiger partial charge in [0.25, 0.3) is 0 Å². The average Bonchev–Trinajstić information content (AvgIpc) is 2.80. The Balaban J connectivity index is 2.46. The van der Waals surface area contributed by atoms with Gasteiger partial charge in [-0.3, -0.25) is 9.48 Å². The van der Waals surface area contributed by atoms with Gasteiger partial charge in [-0.05, 0) is 44.5 Å². The maximum absolute atomic E-state index is 12.6. The van der Waals surface area contributed by atoms with E-state index in [1.807, 2.05) is 20.8 Å². The molecule has 1 heterocycles. The van der Waals surface area contributed by atoms with E-state index in [2.05, 4.69) is 5.10 Å². The summed E-state index contributed by atoms with van der Waals surface area (Å²) in [6.45, 7) is 5.82. The number of benzene rings is 1. The number of ketones is 1. The Bertz CT molecular complexity index is 647. The lowest BCUT2D eigenvalue weighted by molar-refractivity contribution is 0.102. The minimum Gasteiger partial charge on any atom is -0.496 e. The SMILES string of the molecule is COc1ccc(C(=O)c2c(Cl)cnn2C(C)C)cc1C. The average molecular weight is 293 g/mol. The van der Waals surface area contributed by atoms with Crippen LogP contribution in [0.4, 0.5) is 0 Å². The monoisotopic (exact) mass is 292 g/mol. The van der Waals surface area contributed by atoms with E-state index in [1.54, 1.807) is 30.0 Å². The summed E-state index contributed by atoms with van der Waals surface area (Å²) in [4.78, 5) is 12.6. The first-order valence-corrected chi connectivity index (χ1v) is 6.75. The molecule has 0 spiro atoms. The molecule has 20 heavy (non-hydrogen) atoms. The molecule has 0 saturated carbocycles. The zero-order valence-corrected chi connectivity index (χ0v) is 12.7. The van der Waals surface area contributed by atoms with E-state index >= 15 is 0 Å². The van der Waals surface area contributed by atoms with Crippen LogP contribution in [-0.4, -0.2) is 22.7 Å². The molecule has 4 nitrogen and oxygen atoms in total. The summed E-state index contributed by atoms with van der Waals surface area (Å²) in [7, 11) is 1.61. The summed E-state index contributed by atoms with van der Waals surface area (Å²) >= 11 is 6.10. The fourth-order valence-electron chi connectivity index (χ4n) is 2.10. The molecule has 0 N–H and O–H groups in total. The van der Waals surface area contributed by atoms with Gasteiger partial charge in [0.15, 0.2) is 0 Å². The maximum Gasteiger partial charge on any atom is 0.212 e. The number of methoxy groups -OCH3 is 1. The van der Waals surface area contributed by atoms with E-state index in [9.17, 15) is 4.79 Å². The highest BCUT2D eigenvalue weighted by Gasteiger charge is 2.21. The third-order valence-electron chi connectivity index (χ3n) is 3.11. The van der Waals surface area contributed by atoms with Crippen molar-refractivity contribution in [1.29, 1.82) is 0 Å². The number of hydrogen-bond donors (Lipinski definition) is 0.